The Morgan fingerprint density at radius 3 is 2.28 bits per heavy atom. The predicted molar refractivity (Wildman–Crippen MR) is 115 cm³/mol. The zero-order chi connectivity index (χ0) is 20.8. The Balaban J connectivity index is 1.54. The van der Waals surface area contributed by atoms with Gasteiger partial charge in [0.05, 0.1) is 15.6 Å². The highest BCUT2D eigenvalue weighted by Crippen LogP contribution is 2.28. The van der Waals surface area contributed by atoms with Gasteiger partial charge in [0, 0.05) is 10.7 Å². The summed E-state index contributed by atoms with van der Waals surface area (Å²) in [6, 6.07) is 17.8. The van der Waals surface area contributed by atoms with Crippen LogP contribution in [-0.2, 0) is 6.61 Å². The third-order valence-electron chi connectivity index (χ3n) is 3.85. The van der Waals surface area contributed by atoms with Crippen LogP contribution in [0.25, 0.3) is 0 Å². The molecule has 0 heterocycles. The number of hydrogen-bond donors (Lipinski definition) is 2. The maximum absolute atomic E-state index is 12.1. The molecule has 3 rings (SSSR count). The zero-order valence-electron chi connectivity index (χ0n) is 14.9. The number of urea groups is 1. The van der Waals surface area contributed by atoms with Crippen LogP contribution in [0, 0.1) is 0 Å². The highest BCUT2D eigenvalue weighted by Gasteiger charge is 2.13. The lowest BCUT2D eigenvalue weighted by atomic mass is 10.2. The van der Waals surface area contributed by atoms with E-state index in [-0.39, 0.29) is 10.6 Å². The van der Waals surface area contributed by atoms with Gasteiger partial charge in [-0.15, -0.1) is 0 Å². The first kappa shape index (κ1) is 21.0. The van der Waals surface area contributed by atoms with Gasteiger partial charge in [-0.3, -0.25) is 10.1 Å². The fraction of sp³-hybridized carbons (Fsp3) is 0.0476. The molecule has 29 heavy (non-hydrogen) atoms. The molecule has 0 radical (unpaired) electrons. The van der Waals surface area contributed by atoms with Crippen LogP contribution in [0.1, 0.15) is 15.9 Å². The van der Waals surface area contributed by atoms with E-state index in [4.69, 9.17) is 39.5 Å². The van der Waals surface area contributed by atoms with Gasteiger partial charge >= 0.3 is 6.03 Å². The molecule has 0 spiro atoms. The van der Waals surface area contributed by atoms with Crippen molar-refractivity contribution in [2.75, 3.05) is 5.32 Å². The van der Waals surface area contributed by atoms with Crippen LogP contribution < -0.4 is 15.4 Å². The maximum Gasteiger partial charge on any atom is 0.326 e. The summed E-state index contributed by atoms with van der Waals surface area (Å²) in [5.41, 5.74) is 1.61. The van der Waals surface area contributed by atoms with Crippen LogP contribution >= 0.6 is 34.8 Å². The number of imide groups is 1. The SMILES string of the molecule is O=C(NC(=O)c1ccccc1Cl)Nc1ccc(COc2ccc(Cl)cc2Cl)cc1. The number of ether oxygens (including phenoxy) is 1. The van der Waals surface area contributed by atoms with E-state index in [1.165, 1.54) is 6.07 Å². The molecule has 0 unspecified atom stereocenters. The highest BCUT2D eigenvalue weighted by atomic mass is 35.5. The van der Waals surface area contributed by atoms with Crippen molar-refractivity contribution in [2.24, 2.45) is 0 Å². The van der Waals surface area contributed by atoms with E-state index in [0.717, 1.165) is 5.56 Å². The number of carbonyl (C=O) groups is 2. The second-order valence-electron chi connectivity index (χ2n) is 5.95. The molecule has 0 saturated carbocycles. The highest BCUT2D eigenvalue weighted by molar-refractivity contribution is 6.35. The number of carbonyl (C=O) groups excluding carboxylic acids is 2. The first-order valence-corrected chi connectivity index (χ1v) is 9.59. The maximum atomic E-state index is 12.1. The Morgan fingerprint density at radius 1 is 0.862 bits per heavy atom. The third kappa shape index (κ3) is 5.87. The van der Waals surface area contributed by atoms with Crippen molar-refractivity contribution < 1.29 is 14.3 Å². The Hall–Kier alpha value is -2.73. The minimum Gasteiger partial charge on any atom is -0.487 e. The zero-order valence-corrected chi connectivity index (χ0v) is 17.2. The Kier molecular flexibility index (Phi) is 6.99. The number of nitrogens with one attached hydrogen (secondary N) is 2. The van der Waals surface area contributed by atoms with Crippen LogP contribution in [0.4, 0.5) is 10.5 Å². The van der Waals surface area contributed by atoms with Gasteiger partial charge in [0.2, 0.25) is 0 Å². The van der Waals surface area contributed by atoms with Crippen LogP contribution in [0.2, 0.25) is 15.1 Å². The van der Waals surface area contributed by atoms with Crippen LogP contribution in [0.5, 0.6) is 5.75 Å². The summed E-state index contributed by atoms with van der Waals surface area (Å²) >= 11 is 17.9. The van der Waals surface area contributed by atoms with Gasteiger partial charge in [0.1, 0.15) is 12.4 Å². The number of amides is 3. The van der Waals surface area contributed by atoms with Crippen molar-refractivity contribution in [3.8, 4) is 5.75 Å². The van der Waals surface area contributed by atoms with Crippen molar-refractivity contribution in [1.29, 1.82) is 0 Å². The molecule has 0 fully saturated rings. The van der Waals surface area contributed by atoms with Gasteiger partial charge < -0.3 is 10.1 Å². The molecule has 0 atom stereocenters. The van der Waals surface area contributed by atoms with Crippen molar-refractivity contribution in [2.45, 2.75) is 6.61 Å². The van der Waals surface area contributed by atoms with Gasteiger partial charge in [-0.2, -0.15) is 0 Å². The van der Waals surface area contributed by atoms with Crippen LogP contribution in [-0.4, -0.2) is 11.9 Å². The fourth-order valence-corrected chi connectivity index (χ4v) is 3.10. The molecule has 0 aliphatic carbocycles. The Morgan fingerprint density at radius 2 is 1.59 bits per heavy atom. The van der Waals surface area contributed by atoms with E-state index in [2.05, 4.69) is 10.6 Å². The second-order valence-corrected chi connectivity index (χ2v) is 7.20. The monoisotopic (exact) mass is 448 g/mol. The predicted octanol–water partition coefficient (Wildman–Crippen LogP) is 6.19. The lowest BCUT2D eigenvalue weighted by Crippen LogP contribution is -2.34. The van der Waals surface area contributed by atoms with E-state index in [9.17, 15) is 9.59 Å². The molecule has 2 N–H and O–H groups in total. The second kappa shape index (κ2) is 9.65. The van der Waals surface area contributed by atoms with Crippen LogP contribution in [0.3, 0.4) is 0 Å². The van der Waals surface area contributed by atoms with E-state index in [0.29, 0.717) is 28.1 Å². The standard InChI is InChI=1S/C21H15Cl3N2O3/c22-14-7-10-19(18(24)11-14)29-12-13-5-8-15(9-6-13)25-21(28)26-20(27)16-3-1-2-4-17(16)23/h1-11H,12H2,(H2,25,26,27,28). The summed E-state index contributed by atoms with van der Waals surface area (Å²) < 4.78 is 5.66. The number of anilines is 1. The van der Waals surface area contributed by atoms with Gasteiger partial charge in [0.15, 0.2) is 0 Å². The summed E-state index contributed by atoms with van der Waals surface area (Å²) in [5, 5.41) is 6.05. The van der Waals surface area contributed by atoms with Gasteiger partial charge in [-0.25, -0.2) is 4.79 Å². The summed E-state index contributed by atoms with van der Waals surface area (Å²) in [4.78, 5) is 24.1. The summed E-state index contributed by atoms with van der Waals surface area (Å²) in [7, 11) is 0. The molecular weight excluding hydrogens is 435 g/mol. The fourth-order valence-electron chi connectivity index (χ4n) is 2.42. The molecule has 148 valence electrons. The minimum atomic E-state index is -0.660. The number of rotatable bonds is 5. The molecule has 0 aromatic heterocycles. The summed E-state index contributed by atoms with van der Waals surface area (Å²) in [6.07, 6.45) is 0. The first-order valence-electron chi connectivity index (χ1n) is 8.46. The van der Waals surface area contributed by atoms with Crippen molar-refractivity contribution >= 4 is 52.4 Å². The van der Waals surface area contributed by atoms with E-state index in [1.807, 2.05) is 0 Å². The Labute approximate surface area is 182 Å². The average Bonchev–Trinajstić information content (AvgIpc) is 2.68. The molecule has 5 nitrogen and oxygen atoms in total. The molecule has 3 aromatic rings. The molecule has 0 aliphatic rings. The summed E-state index contributed by atoms with van der Waals surface area (Å²) in [6.45, 7) is 0.290. The van der Waals surface area contributed by atoms with E-state index < -0.39 is 11.9 Å². The molecule has 0 bridgehead atoms. The minimum absolute atomic E-state index is 0.220. The van der Waals surface area contributed by atoms with Crippen LogP contribution in [0.15, 0.2) is 66.7 Å². The first-order chi connectivity index (χ1) is 13.9. The number of hydrogen-bond acceptors (Lipinski definition) is 3. The largest absolute Gasteiger partial charge is 0.487 e. The van der Waals surface area contributed by atoms with Crippen molar-refractivity contribution in [1.82, 2.24) is 5.32 Å². The number of benzene rings is 3. The molecule has 3 amide bonds. The van der Waals surface area contributed by atoms with Gasteiger partial charge in [0.25, 0.3) is 5.91 Å². The molecule has 3 aromatic carbocycles. The quantitative estimate of drug-likeness (QED) is 0.488. The smallest absolute Gasteiger partial charge is 0.326 e. The van der Waals surface area contributed by atoms with Gasteiger partial charge in [-0.05, 0) is 48.0 Å². The summed E-state index contributed by atoms with van der Waals surface area (Å²) in [5.74, 6) is -0.0614. The molecule has 8 heteroatoms. The lowest BCUT2D eigenvalue weighted by Gasteiger charge is -2.10. The third-order valence-corrected chi connectivity index (χ3v) is 4.71. The van der Waals surface area contributed by atoms with E-state index in [1.54, 1.807) is 60.7 Å². The molecular formula is C21H15Cl3N2O3. The number of halogens is 3. The molecule has 0 aliphatic heterocycles. The normalized spacial score (nSPS) is 10.3. The van der Waals surface area contributed by atoms with Crippen molar-refractivity contribution in [3.05, 3.63) is 92.9 Å². The van der Waals surface area contributed by atoms with Gasteiger partial charge in [-0.1, -0.05) is 59.1 Å². The molecule has 0 saturated heterocycles. The van der Waals surface area contributed by atoms with E-state index >= 15 is 0 Å². The Bertz CT molecular complexity index is 1040. The van der Waals surface area contributed by atoms with Crippen molar-refractivity contribution in [3.63, 3.8) is 0 Å². The topological polar surface area (TPSA) is 67.4 Å². The average molecular weight is 450 g/mol. The lowest BCUT2D eigenvalue weighted by molar-refractivity contribution is 0.0967.